The van der Waals surface area contributed by atoms with Crippen LogP contribution in [0.25, 0.3) is 10.8 Å². The maximum Gasteiger partial charge on any atom is 0.307 e. The molecule has 1 aliphatic heterocycles. The van der Waals surface area contributed by atoms with E-state index in [1.807, 2.05) is 35.2 Å². The molecule has 0 spiro atoms. The van der Waals surface area contributed by atoms with E-state index in [9.17, 15) is 9.59 Å². The van der Waals surface area contributed by atoms with Crippen LogP contribution >= 0.6 is 0 Å². The van der Waals surface area contributed by atoms with Gasteiger partial charge < -0.3 is 14.4 Å². The van der Waals surface area contributed by atoms with Gasteiger partial charge in [0, 0.05) is 24.4 Å². The molecule has 0 saturated carbocycles. The molecule has 0 aromatic heterocycles. The first kappa shape index (κ1) is 19.2. The molecular formula is C22H27NO4. The first-order valence-electron chi connectivity index (χ1n) is 9.66. The highest BCUT2D eigenvalue weighted by Gasteiger charge is 2.28. The monoisotopic (exact) mass is 369 g/mol. The van der Waals surface area contributed by atoms with Crippen molar-refractivity contribution in [2.45, 2.75) is 44.6 Å². The number of ether oxygens (including phenoxy) is 2. The third-order valence-corrected chi connectivity index (χ3v) is 5.12. The van der Waals surface area contributed by atoms with Crippen molar-refractivity contribution in [3.05, 3.63) is 42.5 Å². The van der Waals surface area contributed by atoms with Gasteiger partial charge in [-0.1, -0.05) is 36.4 Å². The molecule has 3 rings (SSSR count). The molecule has 1 amide bonds. The van der Waals surface area contributed by atoms with E-state index < -0.39 is 0 Å². The van der Waals surface area contributed by atoms with E-state index in [4.69, 9.17) is 9.47 Å². The Morgan fingerprint density at radius 3 is 2.78 bits per heavy atom. The van der Waals surface area contributed by atoms with Crippen LogP contribution in [0.1, 0.15) is 38.5 Å². The number of esters is 1. The summed E-state index contributed by atoms with van der Waals surface area (Å²) in [5.41, 5.74) is 0. The summed E-state index contributed by atoms with van der Waals surface area (Å²) in [6.07, 6.45) is 4.29. The van der Waals surface area contributed by atoms with Crippen molar-refractivity contribution in [3.63, 3.8) is 0 Å². The Balaban J connectivity index is 1.50. The molecule has 27 heavy (non-hydrogen) atoms. The number of fused-ring (bicyclic) bond motifs is 1. The summed E-state index contributed by atoms with van der Waals surface area (Å²) in [6, 6.07) is 14.1. The van der Waals surface area contributed by atoms with Gasteiger partial charge in [-0.05, 0) is 37.1 Å². The molecule has 0 aliphatic carbocycles. The minimum Gasteiger partial charge on any atom is -0.493 e. The zero-order valence-corrected chi connectivity index (χ0v) is 15.9. The number of likely N-dealkylation sites (tertiary alicyclic amines) is 1. The molecule has 0 radical (unpaired) electrons. The van der Waals surface area contributed by atoms with Crippen LogP contribution in [-0.2, 0) is 14.3 Å². The second-order valence-electron chi connectivity index (χ2n) is 6.95. The third kappa shape index (κ3) is 5.00. The van der Waals surface area contributed by atoms with Crippen LogP contribution in [-0.4, -0.2) is 43.1 Å². The fraction of sp³-hybridized carbons (Fsp3) is 0.455. The first-order chi connectivity index (χ1) is 13.2. The van der Waals surface area contributed by atoms with Gasteiger partial charge in [0.2, 0.25) is 5.91 Å². The summed E-state index contributed by atoms with van der Waals surface area (Å²) in [4.78, 5) is 26.1. The van der Waals surface area contributed by atoms with Crippen LogP contribution in [0.3, 0.4) is 0 Å². The van der Waals surface area contributed by atoms with Crippen LogP contribution < -0.4 is 4.74 Å². The van der Waals surface area contributed by atoms with Gasteiger partial charge in [0.1, 0.15) is 5.75 Å². The van der Waals surface area contributed by atoms with Gasteiger partial charge in [-0.3, -0.25) is 9.59 Å². The van der Waals surface area contributed by atoms with Gasteiger partial charge in [-0.2, -0.15) is 0 Å². The number of carbonyl (C=O) groups is 2. The molecule has 0 N–H and O–H groups in total. The second kappa shape index (κ2) is 9.40. The molecule has 1 aliphatic rings. The van der Waals surface area contributed by atoms with Gasteiger partial charge in [-0.25, -0.2) is 0 Å². The van der Waals surface area contributed by atoms with Crippen LogP contribution in [0.5, 0.6) is 5.75 Å². The minimum absolute atomic E-state index is 0.0299. The maximum atomic E-state index is 12.6. The van der Waals surface area contributed by atoms with E-state index in [1.54, 1.807) is 0 Å². The van der Waals surface area contributed by atoms with Crippen molar-refractivity contribution >= 4 is 22.6 Å². The van der Waals surface area contributed by atoms with E-state index >= 15 is 0 Å². The Hall–Kier alpha value is -2.56. The lowest BCUT2D eigenvalue weighted by molar-refractivity contribution is -0.144. The van der Waals surface area contributed by atoms with Crippen LogP contribution in [0.2, 0.25) is 0 Å². The number of nitrogens with zero attached hydrogens (tertiary/aromatic N) is 1. The Kier molecular flexibility index (Phi) is 6.69. The largest absolute Gasteiger partial charge is 0.493 e. The molecule has 0 bridgehead atoms. The number of hydrogen-bond donors (Lipinski definition) is 0. The SMILES string of the molecule is COC(=O)CC1CCCCN1C(=O)CCCOc1cccc2ccccc12. The van der Waals surface area contributed by atoms with Gasteiger partial charge in [0.15, 0.2) is 0 Å². The van der Waals surface area contributed by atoms with Gasteiger partial charge >= 0.3 is 5.97 Å². The molecule has 5 heteroatoms. The summed E-state index contributed by atoms with van der Waals surface area (Å²) in [5, 5.41) is 2.23. The predicted molar refractivity (Wildman–Crippen MR) is 105 cm³/mol. The van der Waals surface area contributed by atoms with E-state index in [2.05, 4.69) is 12.1 Å². The van der Waals surface area contributed by atoms with Gasteiger partial charge in [0.25, 0.3) is 0 Å². The summed E-state index contributed by atoms with van der Waals surface area (Å²) in [6.45, 7) is 1.22. The zero-order valence-electron chi connectivity index (χ0n) is 15.9. The lowest BCUT2D eigenvalue weighted by atomic mass is 9.98. The summed E-state index contributed by atoms with van der Waals surface area (Å²) < 4.78 is 10.7. The normalized spacial score (nSPS) is 16.9. The van der Waals surface area contributed by atoms with E-state index in [1.165, 1.54) is 7.11 Å². The van der Waals surface area contributed by atoms with Gasteiger partial charge in [-0.15, -0.1) is 0 Å². The van der Waals surface area contributed by atoms with Crippen molar-refractivity contribution < 1.29 is 19.1 Å². The third-order valence-electron chi connectivity index (χ3n) is 5.12. The fourth-order valence-electron chi connectivity index (χ4n) is 3.69. The standard InChI is InChI=1S/C22H27NO4/c1-26-22(25)16-18-10-4-5-14-23(18)21(24)13-7-15-27-20-12-6-9-17-8-2-3-11-19(17)20/h2-3,6,8-9,11-12,18H,4-5,7,10,13-16H2,1H3. The molecule has 1 atom stereocenters. The van der Waals surface area contributed by atoms with Crippen molar-refractivity contribution in [3.8, 4) is 5.75 Å². The summed E-state index contributed by atoms with van der Waals surface area (Å²) in [7, 11) is 1.39. The molecule has 1 unspecified atom stereocenters. The second-order valence-corrected chi connectivity index (χ2v) is 6.95. The molecule has 2 aromatic carbocycles. The Bertz CT molecular complexity index is 783. The Morgan fingerprint density at radius 2 is 1.93 bits per heavy atom. The lowest BCUT2D eigenvalue weighted by Crippen LogP contribution is -2.44. The van der Waals surface area contributed by atoms with Crippen molar-refractivity contribution in [2.24, 2.45) is 0 Å². The average Bonchev–Trinajstić information content (AvgIpc) is 2.71. The molecular weight excluding hydrogens is 342 g/mol. The zero-order chi connectivity index (χ0) is 19.1. The van der Waals surface area contributed by atoms with Crippen molar-refractivity contribution in [1.82, 2.24) is 4.90 Å². The van der Waals surface area contributed by atoms with Gasteiger partial charge in [0.05, 0.1) is 20.1 Å². The highest BCUT2D eigenvalue weighted by atomic mass is 16.5. The van der Waals surface area contributed by atoms with E-state index in [0.29, 0.717) is 19.4 Å². The molecule has 1 saturated heterocycles. The molecule has 2 aromatic rings. The average molecular weight is 369 g/mol. The first-order valence-corrected chi connectivity index (χ1v) is 9.66. The highest BCUT2D eigenvalue weighted by molar-refractivity contribution is 5.88. The van der Waals surface area contributed by atoms with Crippen LogP contribution in [0.4, 0.5) is 0 Å². The van der Waals surface area contributed by atoms with Crippen LogP contribution in [0.15, 0.2) is 42.5 Å². The number of carbonyl (C=O) groups excluding carboxylic acids is 2. The van der Waals surface area contributed by atoms with Crippen LogP contribution in [0, 0.1) is 0 Å². The van der Waals surface area contributed by atoms with Crippen molar-refractivity contribution in [2.75, 3.05) is 20.3 Å². The number of piperidine rings is 1. The van der Waals surface area contributed by atoms with Crippen molar-refractivity contribution in [1.29, 1.82) is 0 Å². The maximum absolute atomic E-state index is 12.6. The van der Waals surface area contributed by atoms with E-state index in [0.717, 1.165) is 42.3 Å². The summed E-state index contributed by atoms with van der Waals surface area (Å²) >= 11 is 0. The lowest BCUT2D eigenvalue weighted by Gasteiger charge is -2.35. The molecule has 5 nitrogen and oxygen atoms in total. The minimum atomic E-state index is -0.251. The predicted octanol–water partition coefficient (Wildman–Crippen LogP) is 3.94. The van der Waals surface area contributed by atoms with E-state index in [-0.39, 0.29) is 24.3 Å². The summed E-state index contributed by atoms with van der Waals surface area (Å²) in [5.74, 6) is 0.700. The number of amides is 1. The smallest absolute Gasteiger partial charge is 0.307 e. The molecule has 1 fully saturated rings. The highest BCUT2D eigenvalue weighted by Crippen LogP contribution is 2.25. The Labute approximate surface area is 160 Å². The number of benzene rings is 2. The number of hydrogen-bond acceptors (Lipinski definition) is 4. The number of rotatable bonds is 7. The Morgan fingerprint density at radius 1 is 1.11 bits per heavy atom. The fourth-order valence-corrected chi connectivity index (χ4v) is 3.69. The molecule has 1 heterocycles. The number of methoxy groups -OCH3 is 1. The quantitative estimate of drug-likeness (QED) is 0.548. The molecule has 144 valence electrons. The topological polar surface area (TPSA) is 55.8 Å².